The van der Waals surface area contributed by atoms with E-state index in [2.05, 4.69) is 4.98 Å². The molecule has 0 aliphatic carbocycles. The zero-order valence-electron chi connectivity index (χ0n) is 9.81. The maximum absolute atomic E-state index is 5.87. The maximum atomic E-state index is 5.87. The van der Waals surface area contributed by atoms with E-state index in [4.69, 9.17) is 15.2 Å². The zero-order valence-corrected chi connectivity index (χ0v) is 9.81. The molecular formula is C13H14N2O2. The smallest absolute Gasteiger partial charge is 0.145 e. The molecule has 17 heavy (non-hydrogen) atoms. The Labute approximate surface area is 100 Å². The van der Waals surface area contributed by atoms with Gasteiger partial charge in [-0.05, 0) is 30.3 Å². The fraction of sp³-hybridized carbons (Fsp3) is 0.154. The van der Waals surface area contributed by atoms with Crippen molar-refractivity contribution in [2.75, 3.05) is 20.0 Å². The summed E-state index contributed by atoms with van der Waals surface area (Å²) in [6.45, 7) is 0. The highest BCUT2D eigenvalue weighted by Gasteiger charge is 2.08. The minimum Gasteiger partial charge on any atom is -0.495 e. The van der Waals surface area contributed by atoms with Crippen LogP contribution in [0.4, 0.5) is 5.69 Å². The summed E-state index contributed by atoms with van der Waals surface area (Å²) in [6, 6.07) is 9.24. The van der Waals surface area contributed by atoms with Gasteiger partial charge in [0.15, 0.2) is 0 Å². The number of hydrogen-bond donors (Lipinski definition) is 1. The van der Waals surface area contributed by atoms with Crippen LogP contribution >= 0.6 is 0 Å². The number of benzene rings is 1. The Bertz CT molecular complexity index is 527. The monoisotopic (exact) mass is 230 g/mol. The zero-order chi connectivity index (χ0) is 12.3. The quantitative estimate of drug-likeness (QED) is 0.822. The second-order valence-electron chi connectivity index (χ2n) is 3.51. The molecule has 88 valence electrons. The molecule has 0 amide bonds. The highest BCUT2D eigenvalue weighted by atomic mass is 16.5. The molecule has 0 fully saturated rings. The van der Waals surface area contributed by atoms with Crippen molar-refractivity contribution < 1.29 is 9.47 Å². The summed E-state index contributed by atoms with van der Waals surface area (Å²) in [6.07, 6.45) is 1.72. The van der Waals surface area contributed by atoms with E-state index in [9.17, 15) is 0 Å². The molecule has 1 aromatic heterocycles. The van der Waals surface area contributed by atoms with Gasteiger partial charge in [-0.1, -0.05) is 0 Å². The number of nitrogens with zero attached hydrogens (tertiary/aromatic N) is 1. The number of nitrogen functional groups attached to an aromatic ring is 1. The van der Waals surface area contributed by atoms with E-state index in [-0.39, 0.29) is 0 Å². The lowest BCUT2D eigenvalue weighted by atomic mass is 10.1. The number of methoxy groups -OCH3 is 2. The second kappa shape index (κ2) is 4.74. The molecule has 4 heteroatoms. The third-order valence-corrected chi connectivity index (χ3v) is 2.49. The van der Waals surface area contributed by atoms with E-state index >= 15 is 0 Å². The van der Waals surface area contributed by atoms with Gasteiger partial charge in [0.25, 0.3) is 0 Å². The van der Waals surface area contributed by atoms with Crippen molar-refractivity contribution in [3.05, 3.63) is 36.5 Å². The van der Waals surface area contributed by atoms with E-state index in [1.54, 1.807) is 20.4 Å². The first-order valence-corrected chi connectivity index (χ1v) is 5.19. The second-order valence-corrected chi connectivity index (χ2v) is 3.51. The number of rotatable bonds is 3. The summed E-state index contributed by atoms with van der Waals surface area (Å²) in [5.74, 6) is 1.38. The van der Waals surface area contributed by atoms with Gasteiger partial charge in [-0.2, -0.15) is 0 Å². The highest BCUT2D eigenvalue weighted by molar-refractivity contribution is 5.72. The first-order valence-electron chi connectivity index (χ1n) is 5.19. The Hall–Kier alpha value is -2.23. The van der Waals surface area contributed by atoms with Crippen molar-refractivity contribution in [2.24, 2.45) is 0 Å². The fourth-order valence-corrected chi connectivity index (χ4v) is 1.65. The number of anilines is 1. The summed E-state index contributed by atoms with van der Waals surface area (Å²) < 4.78 is 10.4. The fourth-order valence-electron chi connectivity index (χ4n) is 1.65. The molecule has 0 saturated carbocycles. The topological polar surface area (TPSA) is 57.4 Å². The summed E-state index contributed by atoms with van der Waals surface area (Å²) in [4.78, 5) is 4.30. The summed E-state index contributed by atoms with van der Waals surface area (Å²) >= 11 is 0. The molecule has 0 aliphatic rings. The molecule has 0 aliphatic heterocycles. The van der Waals surface area contributed by atoms with Crippen LogP contribution in [0.1, 0.15) is 0 Å². The van der Waals surface area contributed by atoms with E-state index in [0.29, 0.717) is 11.4 Å². The molecule has 0 spiro atoms. The molecule has 2 N–H and O–H groups in total. The van der Waals surface area contributed by atoms with Gasteiger partial charge in [0, 0.05) is 11.8 Å². The van der Waals surface area contributed by atoms with Gasteiger partial charge < -0.3 is 15.2 Å². The lowest BCUT2D eigenvalue weighted by molar-refractivity contribution is 0.414. The van der Waals surface area contributed by atoms with Crippen molar-refractivity contribution in [2.45, 2.75) is 0 Å². The lowest BCUT2D eigenvalue weighted by Crippen LogP contribution is -1.95. The van der Waals surface area contributed by atoms with E-state index in [0.717, 1.165) is 17.0 Å². The Morgan fingerprint density at radius 2 is 1.82 bits per heavy atom. The van der Waals surface area contributed by atoms with Crippen LogP contribution < -0.4 is 15.2 Å². The Morgan fingerprint density at radius 3 is 2.47 bits per heavy atom. The Morgan fingerprint density at radius 1 is 1.06 bits per heavy atom. The molecule has 0 atom stereocenters. The first-order chi connectivity index (χ1) is 8.26. The van der Waals surface area contributed by atoms with E-state index < -0.39 is 0 Å². The molecule has 2 aromatic rings. The van der Waals surface area contributed by atoms with E-state index in [1.807, 2.05) is 30.3 Å². The van der Waals surface area contributed by atoms with Gasteiger partial charge in [0.2, 0.25) is 0 Å². The largest absolute Gasteiger partial charge is 0.495 e. The van der Waals surface area contributed by atoms with Gasteiger partial charge in [-0.15, -0.1) is 0 Å². The predicted octanol–water partition coefficient (Wildman–Crippen LogP) is 2.35. The van der Waals surface area contributed by atoms with Gasteiger partial charge in [-0.3, -0.25) is 4.98 Å². The molecule has 4 nitrogen and oxygen atoms in total. The molecule has 2 rings (SSSR count). The van der Waals surface area contributed by atoms with Crippen molar-refractivity contribution in [3.63, 3.8) is 0 Å². The standard InChI is InChI=1S/C13H14N2O2/c1-16-11-6-5-9(8-10(11)14)13-12(17-2)4-3-7-15-13/h3-8H,14H2,1-2H3. The van der Waals surface area contributed by atoms with Crippen LogP contribution in [0.3, 0.4) is 0 Å². The predicted molar refractivity (Wildman–Crippen MR) is 67.2 cm³/mol. The molecule has 0 bridgehead atoms. The molecular weight excluding hydrogens is 216 g/mol. The maximum Gasteiger partial charge on any atom is 0.145 e. The van der Waals surface area contributed by atoms with E-state index in [1.165, 1.54) is 0 Å². The van der Waals surface area contributed by atoms with Gasteiger partial charge in [0.05, 0.1) is 19.9 Å². The minimum atomic E-state index is 0.581. The average molecular weight is 230 g/mol. The summed E-state index contributed by atoms with van der Waals surface area (Å²) in [5, 5.41) is 0. The first kappa shape index (κ1) is 11.3. The molecule has 1 aromatic carbocycles. The van der Waals surface area contributed by atoms with Crippen LogP contribution in [0.2, 0.25) is 0 Å². The molecule has 1 heterocycles. The number of hydrogen-bond acceptors (Lipinski definition) is 4. The van der Waals surface area contributed by atoms with Crippen LogP contribution in [0.5, 0.6) is 11.5 Å². The third kappa shape index (κ3) is 2.15. The minimum absolute atomic E-state index is 0.581. The summed E-state index contributed by atoms with van der Waals surface area (Å²) in [7, 11) is 3.21. The third-order valence-electron chi connectivity index (χ3n) is 2.49. The summed E-state index contributed by atoms with van der Waals surface area (Å²) in [5.41, 5.74) is 8.12. The van der Waals surface area contributed by atoms with Gasteiger partial charge >= 0.3 is 0 Å². The highest BCUT2D eigenvalue weighted by Crippen LogP contribution is 2.31. The van der Waals surface area contributed by atoms with Crippen LogP contribution in [-0.2, 0) is 0 Å². The van der Waals surface area contributed by atoms with Crippen LogP contribution in [0.25, 0.3) is 11.3 Å². The number of pyridine rings is 1. The number of ether oxygens (including phenoxy) is 2. The molecule has 0 saturated heterocycles. The molecule has 0 radical (unpaired) electrons. The average Bonchev–Trinajstić information content (AvgIpc) is 2.38. The number of nitrogens with two attached hydrogens (primary N) is 1. The number of aromatic nitrogens is 1. The van der Waals surface area contributed by atoms with Crippen LogP contribution in [-0.4, -0.2) is 19.2 Å². The normalized spacial score (nSPS) is 10.0. The SMILES string of the molecule is COc1ccc(-c2ncccc2OC)cc1N. The molecule has 0 unspecified atom stereocenters. The van der Waals surface area contributed by atoms with Crippen molar-refractivity contribution in [3.8, 4) is 22.8 Å². The van der Waals surface area contributed by atoms with Crippen LogP contribution in [0.15, 0.2) is 36.5 Å². The van der Waals surface area contributed by atoms with Crippen molar-refractivity contribution in [1.29, 1.82) is 0 Å². The Kier molecular flexibility index (Phi) is 3.14. The Balaban J connectivity index is 2.49. The van der Waals surface area contributed by atoms with Crippen LogP contribution in [0, 0.1) is 0 Å². The van der Waals surface area contributed by atoms with Gasteiger partial charge in [0.1, 0.15) is 17.2 Å². The van der Waals surface area contributed by atoms with Crippen molar-refractivity contribution in [1.82, 2.24) is 4.98 Å². The lowest BCUT2D eigenvalue weighted by Gasteiger charge is -2.09. The van der Waals surface area contributed by atoms with Crippen molar-refractivity contribution >= 4 is 5.69 Å². The van der Waals surface area contributed by atoms with Gasteiger partial charge in [-0.25, -0.2) is 0 Å².